The quantitative estimate of drug-likeness (QED) is 0.837. The second-order valence-electron chi connectivity index (χ2n) is 5.83. The van der Waals surface area contributed by atoms with E-state index in [0.717, 1.165) is 24.8 Å². The van der Waals surface area contributed by atoms with Crippen LogP contribution < -0.4 is 5.32 Å². The molecule has 2 saturated carbocycles. The van der Waals surface area contributed by atoms with E-state index in [1.54, 1.807) is 0 Å². The molecular weight excluding hydrogens is 254 g/mol. The van der Waals surface area contributed by atoms with E-state index in [-0.39, 0.29) is 23.8 Å². The van der Waals surface area contributed by atoms with Gasteiger partial charge < -0.3 is 10.1 Å². The van der Waals surface area contributed by atoms with Crippen molar-refractivity contribution in [2.45, 2.75) is 38.3 Å². The number of hydrogen-bond donors (Lipinski definition) is 1. The van der Waals surface area contributed by atoms with Gasteiger partial charge in [0.1, 0.15) is 0 Å². The highest BCUT2D eigenvalue weighted by Crippen LogP contribution is 2.39. The first-order valence-electron chi connectivity index (χ1n) is 7.21. The molecule has 0 saturated heterocycles. The van der Waals surface area contributed by atoms with Crippen LogP contribution in [0.2, 0.25) is 0 Å². The third-order valence-corrected chi connectivity index (χ3v) is 3.91. The standard InChI is InChI=1S/C16H19NO3/c1-10-9-13(10)16(19)20-14(11-5-3-2-4-6-11)15(18)17-12-7-8-12/h2-6,10,12-14H,7-9H2,1H3,(H,17,18)/t10-,13-,14+/m1/s1. The molecule has 106 valence electrons. The lowest BCUT2D eigenvalue weighted by molar-refractivity contribution is -0.158. The van der Waals surface area contributed by atoms with Gasteiger partial charge in [0.25, 0.3) is 5.91 Å². The van der Waals surface area contributed by atoms with Crippen LogP contribution in [0.1, 0.15) is 37.9 Å². The van der Waals surface area contributed by atoms with Crippen LogP contribution in [0.25, 0.3) is 0 Å². The topological polar surface area (TPSA) is 55.4 Å². The van der Waals surface area contributed by atoms with Crippen LogP contribution in [-0.4, -0.2) is 17.9 Å². The Morgan fingerprint density at radius 3 is 2.45 bits per heavy atom. The number of benzene rings is 1. The van der Waals surface area contributed by atoms with Crippen molar-refractivity contribution in [2.24, 2.45) is 11.8 Å². The molecule has 0 heterocycles. The summed E-state index contributed by atoms with van der Waals surface area (Å²) < 4.78 is 5.47. The number of amides is 1. The van der Waals surface area contributed by atoms with E-state index in [4.69, 9.17) is 4.74 Å². The van der Waals surface area contributed by atoms with E-state index in [2.05, 4.69) is 5.32 Å². The fourth-order valence-electron chi connectivity index (χ4n) is 2.26. The van der Waals surface area contributed by atoms with Gasteiger partial charge in [-0.25, -0.2) is 0 Å². The molecule has 2 aliphatic carbocycles. The van der Waals surface area contributed by atoms with Gasteiger partial charge in [-0.05, 0) is 25.2 Å². The Balaban J connectivity index is 1.72. The average molecular weight is 273 g/mol. The van der Waals surface area contributed by atoms with Crippen molar-refractivity contribution >= 4 is 11.9 Å². The minimum atomic E-state index is -0.822. The third-order valence-electron chi connectivity index (χ3n) is 3.91. The predicted octanol–water partition coefficient (Wildman–Crippen LogP) is 2.21. The zero-order valence-corrected chi connectivity index (χ0v) is 11.5. The highest BCUT2D eigenvalue weighted by atomic mass is 16.5. The molecule has 3 rings (SSSR count). The second-order valence-corrected chi connectivity index (χ2v) is 5.83. The Labute approximate surface area is 118 Å². The predicted molar refractivity (Wildman–Crippen MR) is 73.7 cm³/mol. The maximum Gasteiger partial charge on any atom is 0.310 e. The summed E-state index contributed by atoms with van der Waals surface area (Å²) in [5.41, 5.74) is 0.729. The second kappa shape index (κ2) is 5.27. The molecule has 4 nitrogen and oxygen atoms in total. The van der Waals surface area contributed by atoms with Crippen molar-refractivity contribution in [1.82, 2.24) is 5.32 Å². The molecule has 1 amide bonds. The zero-order valence-electron chi connectivity index (χ0n) is 11.5. The lowest BCUT2D eigenvalue weighted by atomic mass is 10.1. The van der Waals surface area contributed by atoms with Gasteiger partial charge in [0, 0.05) is 11.6 Å². The largest absolute Gasteiger partial charge is 0.447 e. The van der Waals surface area contributed by atoms with Crippen LogP contribution in [0.5, 0.6) is 0 Å². The molecule has 4 heteroatoms. The van der Waals surface area contributed by atoms with Crippen molar-refractivity contribution in [2.75, 3.05) is 0 Å². The fraction of sp³-hybridized carbons (Fsp3) is 0.500. The maximum atomic E-state index is 12.3. The molecular formula is C16H19NO3. The normalized spacial score (nSPS) is 25.6. The first-order chi connectivity index (χ1) is 9.65. The minimum absolute atomic E-state index is 0.0325. The Morgan fingerprint density at radius 2 is 1.90 bits per heavy atom. The maximum absolute atomic E-state index is 12.3. The average Bonchev–Trinajstić information content (AvgIpc) is 3.35. The number of carbonyl (C=O) groups is 2. The molecule has 20 heavy (non-hydrogen) atoms. The lowest BCUT2D eigenvalue weighted by Crippen LogP contribution is -2.33. The zero-order chi connectivity index (χ0) is 14.1. The Hall–Kier alpha value is -1.84. The van der Waals surface area contributed by atoms with E-state index >= 15 is 0 Å². The molecule has 0 aromatic heterocycles. The van der Waals surface area contributed by atoms with Crippen LogP contribution >= 0.6 is 0 Å². The Bertz CT molecular complexity index is 510. The first kappa shape index (κ1) is 13.2. The van der Waals surface area contributed by atoms with E-state index in [1.807, 2.05) is 37.3 Å². The van der Waals surface area contributed by atoms with Crippen molar-refractivity contribution in [3.8, 4) is 0 Å². The highest BCUT2D eigenvalue weighted by molar-refractivity contribution is 5.86. The lowest BCUT2D eigenvalue weighted by Gasteiger charge is -2.18. The summed E-state index contributed by atoms with van der Waals surface area (Å²) in [6.07, 6.45) is 2.07. The summed E-state index contributed by atoms with van der Waals surface area (Å²) in [5.74, 6) is -0.113. The van der Waals surface area contributed by atoms with Crippen LogP contribution in [0.3, 0.4) is 0 Å². The number of ether oxygens (including phenoxy) is 1. The summed E-state index contributed by atoms with van der Waals surface area (Å²) in [6, 6.07) is 9.47. The smallest absolute Gasteiger partial charge is 0.310 e. The molecule has 2 aliphatic rings. The first-order valence-corrected chi connectivity index (χ1v) is 7.21. The summed E-state index contributed by atoms with van der Waals surface area (Å²) in [4.78, 5) is 24.3. The van der Waals surface area contributed by atoms with Gasteiger partial charge in [0.15, 0.2) is 0 Å². The van der Waals surface area contributed by atoms with Gasteiger partial charge in [0.05, 0.1) is 5.92 Å². The highest BCUT2D eigenvalue weighted by Gasteiger charge is 2.42. The SMILES string of the molecule is C[C@@H]1C[C@H]1C(=O)O[C@H](C(=O)NC1CC1)c1ccccc1. The van der Waals surface area contributed by atoms with Gasteiger partial charge in [-0.15, -0.1) is 0 Å². The number of esters is 1. The third kappa shape index (κ3) is 3.00. The summed E-state index contributed by atoms with van der Waals surface area (Å²) in [7, 11) is 0. The van der Waals surface area contributed by atoms with Crippen LogP contribution in [0.4, 0.5) is 0 Å². The van der Waals surface area contributed by atoms with Crippen LogP contribution in [0.15, 0.2) is 30.3 Å². The van der Waals surface area contributed by atoms with Crippen LogP contribution in [0, 0.1) is 11.8 Å². The summed E-state index contributed by atoms with van der Waals surface area (Å²) in [5, 5.41) is 2.91. The van der Waals surface area contributed by atoms with E-state index in [0.29, 0.717) is 5.92 Å². The van der Waals surface area contributed by atoms with Crippen molar-refractivity contribution in [3.05, 3.63) is 35.9 Å². The van der Waals surface area contributed by atoms with Crippen molar-refractivity contribution in [3.63, 3.8) is 0 Å². The van der Waals surface area contributed by atoms with Gasteiger partial charge >= 0.3 is 5.97 Å². The van der Waals surface area contributed by atoms with Gasteiger partial charge in [-0.3, -0.25) is 9.59 Å². The van der Waals surface area contributed by atoms with E-state index in [1.165, 1.54) is 0 Å². The number of hydrogen-bond acceptors (Lipinski definition) is 3. The van der Waals surface area contributed by atoms with Crippen LogP contribution in [-0.2, 0) is 14.3 Å². The molecule has 3 atom stereocenters. The summed E-state index contributed by atoms with van der Waals surface area (Å²) in [6.45, 7) is 2.02. The molecule has 0 unspecified atom stereocenters. The summed E-state index contributed by atoms with van der Waals surface area (Å²) >= 11 is 0. The molecule has 1 aromatic carbocycles. The van der Waals surface area contributed by atoms with Gasteiger partial charge in [0.2, 0.25) is 6.10 Å². The molecule has 1 aromatic rings. The molecule has 0 spiro atoms. The minimum Gasteiger partial charge on any atom is -0.447 e. The van der Waals surface area contributed by atoms with Crippen molar-refractivity contribution in [1.29, 1.82) is 0 Å². The molecule has 0 bridgehead atoms. The Morgan fingerprint density at radius 1 is 1.25 bits per heavy atom. The molecule has 0 aliphatic heterocycles. The van der Waals surface area contributed by atoms with Crippen molar-refractivity contribution < 1.29 is 14.3 Å². The van der Waals surface area contributed by atoms with E-state index < -0.39 is 6.10 Å². The van der Waals surface area contributed by atoms with Gasteiger partial charge in [-0.1, -0.05) is 37.3 Å². The number of rotatable bonds is 5. The monoisotopic (exact) mass is 273 g/mol. The fourth-order valence-corrected chi connectivity index (χ4v) is 2.26. The Kier molecular flexibility index (Phi) is 3.47. The number of nitrogens with one attached hydrogen (secondary N) is 1. The molecule has 0 radical (unpaired) electrons. The molecule has 2 fully saturated rings. The number of carbonyl (C=O) groups excluding carboxylic acids is 2. The van der Waals surface area contributed by atoms with E-state index in [9.17, 15) is 9.59 Å². The van der Waals surface area contributed by atoms with Gasteiger partial charge in [-0.2, -0.15) is 0 Å². The molecule has 1 N–H and O–H groups in total.